The zero-order chi connectivity index (χ0) is 8.43. The Morgan fingerprint density at radius 1 is 1.09 bits per heavy atom. The van der Waals surface area contributed by atoms with Crippen LogP contribution in [0.5, 0.6) is 0 Å². The summed E-state index contributed by atoms with van der Waals surface area (Å²) in [7, 11) is 0. The van der Waals surface area contributed by atoms with Crippen molar-refractivity contribution < 1.29 is 17.7 Å². The molecule has 0 aromatic heterocycles. The Hall–Kier alpha value is -1.26. The van der Waals surface area contributed by atoms with Crippen molar-refractivity contribution >= 4 is 5.69 Å². The van der Waals surface area contributed by atoms with Crippen LogP contribution in [0.25, 0.3) is 0 Å². The summed E-state index contributed by atoms with van der Waals surface area (Å²) in [5, 5.41) is -1.47. The first-order valence-corrected chi connectivity index (χ1v) is 2.68. The third-order valence-electron chi connectivity index (χ3n) is 1.11. The van der Waals surface area contributed by atoms with Gasteiger partial charge in [-0.1, -0.05) is 15.0 Å². The molecular weight excluding hydrogens is 162 g/mol. The second-order valence-corrected chi connectivity index (χ2v) is 1.81. The average molecular weight is 165 g/mol. The third kappa shape index (κ3) is 1.42. The molecule has 0 atom stereocenters. The Bertz CT molecular complexity index is 261. The Kier molecular flexibility index (Phi) is 1.98. The van der Waals surface area contributed by atoms with Crippen LogP contribution in [0.4, 0.5) is 23.4 Å². The number of nitrogens with zero attached hydrogens (tertiary/aromatic N) is 1. The predicted octanol–water partition coefficient (Wildman–Crippen LogP) is 2.54. The van der Waals surface area contributed by atoms with Crippen molar-refractivity contribution in [2.24, 2.45) is 0 Å². The van der Waals surface area contributed by atoms with E-state index in [9.17, 15) is 17.7 Å². The van der Waals surface area contributed by atoms with Gasteiger partial charge in [-0.2, -0.15) is 0 Å². The summed E-state index contributed by atoms with van der Waals surface area (Å²) in [5.41, 5.74) is -1.06. The van der Waals surface area contributed by atoms with Crippen LogP contribution in [0.2, 0.25) is 0 Å². The van der Waals surface area contributed by atoms with E-state index in [1.165, 1.54) is 0 Å². The Morgan fingerprint density at radius 2 is 1.73 bits per heavy atom. The van der Waals surface area contributed by atoms with Gasteiger partial charge in [-0.3, -0.25) is 0 Å². The van der Waals surface area contributed by atoms with Gasteiger partial charge in [0.05, 0.1) is 0 Å². The van der Waals surface area contributed by atoms with E-state index in [2.05, 4.69) is 0 Å². The van der Waals surface area contributed by atoms with Gasteiger partial charge < -0.3 is 0 Å². The fraction of sp³-hybridized carbons (Fsp3) is 0. The summed E-state index contributed by atoms with van der Waals surface area (Å²) in [5.74, 6) is -2.83. The Morgan fingerprint density at radius 3 is 2.18 bits per heavy atom. The highest BCUT2D eigenvalue weighted by Gasteiger charge is 2.13. The lowest BCUT2D eigenvalue weighted by Crippen LogP contribution is -2.00. The van der Waals surface area contributed by atoms with Crippen LogP contribution in [0.1, 0.15) is 0 Å². The van der Waals surface area contributed by atoms with Gasteiger partial charge in [0.15, 0.2) is 11.6 Å². The molecule has 0 fully saturated rings. The lowest BCUT2D eigenvalue weighted by atomic mass is 10.3. The molecule has 0 N–H and O–H groups in total. The van der Waals surface area contributed by atoms with E-state index in [0.29, 0.717) is 0 Å². The molecule has 0 aliphatic rings. The lowest BCUT2D eigenvalue weighted by molar-refractivity contribution is 0.229. The second kappa shape index (κ2) is 2.77. The fourth-order valence-corrected chi connectivity index (χ4v) is 0.623. The van der Waals surface area contributed by atoms with Crippen molar-refractivity contribution in [1.29, 1.82) is 0 Å². The van der Waals surface area contributed by atoms with E-state index in [4.69, 9.17) is 0 Å². The minimum absolute atomic E-state index is 0.766. The van der Waals surface area contributed by atoms with Crippen molar-refractivity contribution in [3.8, 4) is 0 Å². The van der Waals surface area contributed by atoms with Crippen molar-refractivity contribution in [1.82, 2.24) is 0 Å². The molecule has 1 aromatic carbocycles. The molecule has 1 aromatic rings. The van der Waals surface area contributed by atoms with Gasteiger partial charge in [0, 0.05) is 0 Å². The van der Waals surface area contributed by atoms with E-state index >= 15 is 0 Å². The molecule has 0 heterocycles. The predicted molar refractivity (Wildman–Crippen MR) is 31.1 cm³/mol. The number of hydrogen-bond acceptors (Lipinski definition) is 1. The topological polar surface area (TPSA) is 3.24 Å². The maximum atomic E-state index is 12.4. The van der Waals surface area contributed by atoms with E-state index in [1.807, 2.05) is 0 Å². The van der Waals surface area contributed by atoms with Crippen molar-refractivity contribution in [2.75, 3.05) is 5.34 Å². The quantitative estimate of drug-likeness (QED) is 0.456. The number of anilines is 1. The number of halogens is 4. The first kappa shape index (κ1) is 7.84. The normalized spacial score (nSPS) is 9.82. The summed E-state index contributed by atoms with van der Waals surface area (Å²) in [6, 6.07) is 2.54. The molecule has 0 spiro atoms. The van der Waals surface area contributed by atoms with Crippen LogP contribution in [-0.2, 0) is 0 Å². The standard InChI is InChI=1S/C6H3F4N/c7-4-2-1-3-5(6(4)8)11(9)10/h1-3H. The number of hydrogen-bond donors (Lipinski definition) is 0. The Labute approximate surface area is 59.7 Å². The van der Waals surface area contributed by atoms with E-state index in [0.717, 1.165) is 18.2 Å². The van der Waals surface area contributed by atoms with Crippen LogP contribution in [0.3, 0.4) is 0 Å². The second-order valence-electron chi connectivity index (χ2n) is 1.81. The van der Waals surface area contributed by atoms with Crippen LogP contribution in [-0.4, -0.2) is 0 Å². The van der Waals surface area contributed by atoms with Gasteiger partial charge >= 0.3 is 0 Å². The molecule has 1 nitrogen and oxygen atoms in total. The minimum atomic E-state index is -1.54. The molecular formula is C6H3F4N. The summed E-state index contributed by atoms with van der Waals surface area (Å²) in [6.07, 6.45) is 0. The van der Waals surface area contributed by atoms with Crippen molar-refractivity contribution in [3.63, 3.8) is 0 Å². The van der Waals surface area contributed by atoms with Crippen LogP contribution < -0.4 is 5.34 Å². The zero-order valence-electron chi connectivity index (χ0n) is 5.19. The van der Waals surface area contributed by atoms with Gasteiger partial charge in [0.2, 0.25) is 0 Å². The molecule has 0 saturated heterocycles. The molecule has 0 saturated carbocycles. The van der Waals surface area contributed by atoms with Crippen LogP contribution in [0, 0.1) is 11.6 Å². The van der Waals surface area contributed by atoms with Gasteiger partial charge in [0.1, 0.15) is 5.69 Å². The third-order valence-corrected chi connectivity index (χ3v) is 1.11. The molecule has 0 bridgehead atoms. The SMILES string of the molecule is Fc1cccc(N(F)F)c1F. The lowest BCUT2D eigenvalue weighted by Gasteiger charge is -2.02. The molecule has 11 heavy (non-hydrogen) atoms. The number of rotatable bonds is 1. The van der Waals surface area contributed by atoms with Gasteiger partial charge in [-0.05, 0) is 17.5 Å². The van der Waals surface area contributed by atoms with E-state index < -0.39 is 22.7 Å². The van der Waals surface area contributed by atoms with Crippen molar-refractivity contribution in [2.45, 2.75) is 0 Å². The average Bonchev–Trinajstić information content (AvgIpc) is 1.94. The molecule has 0 radical (unpaired) electrons. The fourth-order valence-electron chi connectivity index (χ4n) is 0.623. The summed E-state index contributed by atoms with van der Waals surface area (Å²) in [6.45, 7) is 0. The largest absolute Gasteiger partial charge is 0.204 e. The maximum absolute atomic E-state index is 12.4. The zero-order valence-corrected chi connectivity index (χ0v) is 5.19. The minimum Gasteiger partial charge on any atom is -0.204 e. The monoisotopic (exact) mass is 165 g/mol. The van der Waals surface area contributed by atoms with E-state index in [-0.39, 0.29) is 0 Å². The molecule has 5 heteroatoms. The smallest absolute Gasteiger partial charge is 0.187 e. The Balaban J connectivity index is 3.17. The maximum Gasteiger partial charge on any atom is 0.187 e. The first-order chi connectivity index (χ1) is 5.13. The van der Waals surface area contributed by atoms with Crippen LogP contribution in [0.15, 0.2) is 18.2 Å². The summed E-state index contributed by atoms with van der Waals surface area (Å²) in [4.78, 5) is 0. The molecule has 0 aliphatic heterocycles. The van der Waals surface area contributed by atoms with Crippen molar-refractivity contribution in [3.05, 3.63) is 29.8 Å². The molecule has 0 aliphatic carbocycles. The molecule has 1 rings (SSSR count). The molecule has 60 valence electrons. The van der Waals surface area contributed by atoms with Gasteiger partial charge in [0.25, 0.3) is 0 Å². The van der Waals surface area contributed by atoms with E-state index in [1.54, 1.807) is 0 Å². The van der Waals surface area contributed by atoms with Gasteiger partial charge in [-0.15, -0.1) is 0 Å². The highest BCUT2D eigenvalue weighted by molar-refractivity contribution is 5.42. The van der Waals surface area contributed by atoms with Crippen LogP contribution >= 0.6 is 0 Å². The highest BCUT2D eigenvalue weighted by Crippen LogP contribution is 2.21. The van der Waals surface area contributed by atoms with Gasteiger partial charge in [-0.25, -0.2) is 8.78 Å². The molecule has 0 amide bonds. The first-order valence-electron chi connectivity index (χ1n) is 2.68. The summed E-state index contributed by atoms with van der Waals surface area (Å²) >= 11 is 0. The number of benzene rings is 1. The highest BCUT2D eigenvalue weighted by atomic mass is 19.4. The summed E-state index contributed by atoms with van der Waals surface area (Å²) < 4.78 is 47.8. The molecule has 0 unspecified atom stereocenters.